The Balaban J connectivity index is 2.05. The minimum Gasteiger partial charge on any atom is -0.393 e. The molecule has 2 rings (SSSR count). The van der Waals surface area contributed by atoms with Crippen molar-refractivity contribution in [1.82, 2.24) is 5.32 Å². The van der Waals surface area contributed by atoms with E-state index in [1.54, 1.807) is 0 Å². The summed E-state index contributed by atoms with van der Waals surface area (Å²) < 4.78 is 0. The van der Waals surface area contributed by atoms with Crippen LogP contribution in [0.25, 0.3) is 0 Å². The Morgan fingerprint density at radius 3 is 2.75 bits per heavy atom. The molecule has 2 nitrogen and oxygen atoms in total. The number of hydrogen-bond acceptors (Lipinski definition) is 2. The van der Waals surface area contributed by atoms with Gasteiger partial charge in [-0.25, -0.2) is 0 Å². The van der Waals surface area contributed by atoms with Crippen molar-refractivity contribution in [3.05, 3.63) is 0 Å². The Labute approximate surface area is 99.8 Å². The molecular weight excluding hydrogens is 198 g/mol. The zero-order valence-corrected chi connectivity index (χ0v) is 10.7. The Hall–Kier alpha value is -0.0800. The number of aliphatic hydroxyl groups excluding tert-OH is 1. The van der Waals surface area contributed by atoms with E-state index in [0.717, 1.165) is 13.0 Å². The lowest BCUT2D eigenvalue weighted by molar-refractivity contribution is -0.0166. The highest BCUT2D eigenvalue weighted by molar-refractivity contribution is 5.01. The predicted molar refractivity (Wildman–Crippen MR) is 67.5 cm³/mol. The molecule has 1 saturated carbocycles. The summed E-state index contributed by atoms with van der Waals surface area (Å²) in [4.78, 5) is 0. The summed E-state index contributed by atoms with van der Waals surface area (Å²) in [5.41, 5.74) is 0.297. The summed E-state index contributed by atoms with van der Waals surface area (Å²) in [6, 6.07) is 0. The third-order valence-corrected chi connectivity index (χ3v) is 4.69. The summed E-state index contributed by atoms with van der Waals surface area (Å²) in [6.07, 6.45) is 11.2. The van der Waals surface area contributed by atoms with E-state index in [-0.39, 0.29) is 6.10 Å². The minimum atomic E-state index is -0.0501. The summed E-state index contributed by atoms with van der Waals surface area (Å²) in [7, 11) is 0. The number of unbranched alkanes of at least 4 members (excludes halogenated alkanes) is 1. The molecule has 1 heterocycles. The van der Waals surface area contributed by atoms with Gasteiger partial charge in [-0.1, -0.05) is 26.2 Å². The van der Waals surface area contributed by atoms with Gasteiger partial charge in [0.15, 0.2) is 0 Å². The molecule has 1 aliphatic heterocycles. The van der Waals surface area contributed by atoms with Crippen molar-refractivity contribution in [2.24, 2.45) is 5.92 Å². The van der Waals surface area contributed by atoms with Gasteiger partial charge in [0.25, 0.3) is 0 Å². The first-order valence-corrected chi connectivity index (χ1v) is 7.21. The minimum absolute atomic E-state index is 0.0501. The quantitative estimate of drug-likeness (QED) is 0.774. The average Bonchev–Trinajstić information content (AvgIpc) is 2.30. The van der Waals surface area contributed by atoms with Gasteiger partial charge in [0.1, 0.15) is 0 Å². The van der Waals surface area contributed by atoms with E-state index < -0.39 is 0 Å². The largest absolute Gasteiger partial charge is 0.393 e. The molecule has 0 amide bonds. The molecule has 94 valence electrons. The molecule has 1 spiro atoms. The first kappa shape index (κ1) is 12.4. The lowest BCUT2D eigenvalue weighted by Crippen LogP contribution is -2.59. The lowest BCUT2D eigenvalue weighted by atomic mass is 9.65. The highest BCUT2D eigenvalue weighted by Gasteiger charge is 2.44. The average molecular weight is 225 g/mol. The van der Waals surface area contributed by atoms with Crippen molar-refractivity contribution < 1.29 is 5.11 Å². The molecule has 0 aromatic heterocycles. The van der Waals surface area contributed by atoms with Crippen molar-refractivity contribution in [2.75, 3.05) is 6.54 Å². The number of nitrogens with one attached hydrogen (secondary N) is 1. The third-order valence-electron chi connectivity index (χ3n) is 4.69. The molecular formula is C14H27NO. The molecule has 16 heavy (non-hydrogen) atoms. The van der Waals surface area contributed by atoms with E-state index in [1.807, 2.05) is 0 Å². The Kier molecular flexibility index (Phi) is 4.26. The molecule has 3 atom stereocenters. The van der Waals surface area contributed by atoms with Gasteiger partial charge < -0.3 is 10.4 Å². The van der Waals surface area contributed by atoms with Crippen LogP contribution in [-0.4, -0.2) is 23.3 Å². The van der Waals surface area contributed by atoms with E-state index in [9.17, 15) is 5.11 Å². The van der Waals surface area contributed by atoms with Crippen LogP contribution in [0.1, 0.15) is 64.7 Å². The van der Waals surface area contributed by atoms with Crippen LogP contribution in [0, 0.1) is 5.92 Å². The van der Waals surface area contributed by atoms with Gasteiger partial charge in [0.05, 0.1) is 6.10 Å². The summed E-state index contributed by atoms with van der Waals surface area (Å²) in [5.74, 6) is 0.515. The zero-order chi connectivity index (χ0) is 11.4. The Bertz CT molecular complexity index is 205. The molecule has 0 radical (unpaired) electrons. The van der Waals surface area contributed by atoms with E-state index in [1.165, 1.54) is 51.4 Å². The fourth-order valence-electron chi connectivity index (χ4n) is 3.80. The highest BCUT2D eigenvalue weighted by Crippen LogP contribution is 2.41. The first-order chi connectivity index (χ1) is 7.78. The van der Waals surface area contributed by atoms with Crippen molar-refractivity contribution in [3.8, 4) is 0 Å². The normalized spacial score (nSPS) is 40.1. The SMILES string of the molecule is CCCC[C@H]1[C@H](O)CCC[C@]12CCCCN2. The predicted octanol–water partition coefficient (Wildman–Crippen LogP) is 2.85. The topological polar surface area (TPSA) is 32.3 Å². The molecule has 0 aromatic carbocycles. The van der Waals surface area contributed by atoms with Crippen LogP contribution in [0.4, 0.5) is 0 Å². The molecule has 2 aliphatic rings. The van der Waals surface area contributed by atoms with Crippen LogP contribution in [0.2, 0.25) is 0 Å². The van der Waals surface area contributed by atoms with Crippen molar-refractivity contribution in [2.45, 2.75) is 76.4 Å². The van der Waals surface area contributed by atoms with Crippen LogP contribution in [-0.2, 0) is 0 Å². The fourth-order valence-corrected chi connectivity index (χ4v) is 3.80. The number of hydrogen-bond donors (Lipinski definition) is 2. The van der Waals surface area contributed by atoms with Crippen molar-refractivity contribution >= 4 is 0 Å². The second-order valence-electron chi connectivity index (χ2n) is 5.75. The van der Waals surface area contributed by atoms with E-state index in [0.29, 0.717) is 11.5 Å². The number of aliphatic hydroxyl groups is 1. The van der Waals surface area contributed by atoms with E-state index in [2.05, 4.69) is 12.2 Å². The van der Waals surface area contributed by atoms with Gasteiger partial charge in [-0.15, -0.1) is 0 Å². The van der Waals surface area contributed by atoms with Gasteiger partial charge in [-0.05, 0) is 45.1 Å². The van der Waals surface area contributed by atoms with E-state index in [4.69, 9.17) is 0 Å². The maximum atomic E-state index is 10.3. The van der Waals surface area contributed by atoms with Gasteiger partial charge in [-0.2, -0.15) is 0 Å². The summed E-state index contributed by atoms with van der Waals surface area (Å²) in [6.45, 7) is 3.41. The molecule has 0 aromatic rings. The first-order valence-electron chi connectivity index (χ1n) is 7.21. The second kappa shape index (κ2) is 5.50. The smallest absolute Gasteiger partial charge is 0.0586 e. The fraction of sp³-hybridized carbons (Fsp3) is 1.00. The number of rotatable bonds is 3. The van der Waals surface area contributed by atoms with Crippen LogP contribution < -0.4 is 5.32 Å². The molecule has 1 aliphatic carbocycles. The van der Waals surface area contributed by atoms with Gasteiger partial charge >= 0.3 is 0 Å². The molecule has 0 bridgehead atoms. The second-order valence-corrected chi connectivity index (χ2v) is 5.75. The van der Waals surface area contributed by atoms with Crippen molar-refractivity contribution in [3.63, 3.8) is 0 Å². The summed E-state index contributed by atoms with van der Waals surface area (Å²) in [5, 5.41) is 14.0. The van der Waals surface area contributed by atoms with Crippen LogP contribution >= 0.6 is 0 Å². The van der Waals surface area contributed by atoms with Gasteiger partial charge in [0, 0.05) is 11.5 Å². The van der Waals surface area contributed by atoms with Crippen molar-refractivity contribution in [1.29, 1.82) is 0 Å². The monoisotopic (exact) mass is 225 g/mol. The van der Waals surface area contributed by atoms with Crippen LogP contribution in [0.5, 0.6) is 0 Å². The Morgan fingerprint density at radius 2 is 2.06 bits per heavy atom. The molecule has 2 fully saturated rings. The molecule has 0 unspecified atom stereocenters. The highest BCUT2D eigenvalue weighted by atomic mass is 16.3. The Morgan fingerprint density at radius 1 is 1.25 bits per heavy atom. The van der Waals surface area contributed by atoms with E-state index >= 15 is 0 Å². The number of piperidine rings is 1. The van der Waals surface area contributed by atoms with Gasteiger partial charge in [0.2, 0.25) is 0 Å². The third kappa shape index (κ3) is 2.43. The summed E-state index contributed by atoms with van der Waals surface area (Å²) >= 11 is 0. The zero-order valence-electron chi connectivity index (χ0n) is 10.7. The van der Waals surface area contributed by atoms with Crippen LogP contribution in [0.3, 0.4) is 0 Å². The molecule has 2 N–H and O–H groups in total. The molecule has 1 saturated heterocycles. The van der Waals surface area contributed by atoms with Gasteiger partial charge in [-0.3, -0.25) is 0 Å². The molecule has 2 heteroatoms. The van der Waals surface area contributed by atoms with Crippen LogP contribution in [0.15, 0.2) is 0 Å². The maximum Gasteiger partial charge on any atom is 0.0586 e. The lowest BCUT2D eigenvalue weighted by Gasteiger charge is -2.50. The maximum absolute atomic E-state index is 10.3. The standard InChI is InChI=1S/C14H27NO/c1-2-3-7-12-13(16)8-6-10-14(12)9-4-5-11-15-14/h12-13,15-16H,2-11H2,1H3/t12-,13+,14+/m0/s1.